The molecule has 0 radical (unpaired) electrons. The lowest BCUT2D eigenvalue weighted by atomic mass is 10.2. The first-order valence-corrected chi connectivity index (χ1v) is 8.79. The molecule has 1 saturated heterocycles. The van der Waals surface area contributed by atoms with Gasteiger partial charge in [-0.1, -0.05) is 12.1 Å². The smallest absolute Gasteiger partial charge is 0.324 e. The molecule has 0 spiro atoms. The van der Waals surface area contributed by atoms with Crippen molar-refractivity contribution in [3.8, 4) is 0 Å². The number of nitrogens with one attached hydrogen (secondary N) is 2. The van der Waals surface area contributed by atoms with Gasteiger partial charge in [-0.3, -0.25) is 14.4 Å². The highest BCUT2D eigenvalue weighted by Gasteiger charge is 2.28. The number of amides is 3. The van der Waals surface area contributed by atoms with Crippen LogP contribution in [0.5, 0.6) is 0 Å². The molecule has 3 amide bonds. The molecule has 25 heavy (non-hydrogen) atoms. The molecule has 7 nitrogen and oxygen atoms in total. The fourth-order valence-electron chi connectivity index (χ4n) is 2.30. The van der Waals surface area contributed by atoms with Crippen LogP contribution in [0, 0.1) is 5.82 Å². The molecule has 1 aliphatic rings. The summed E-state index contributed by atoms with van der Waals surface area (Å²) in [4.78, 5) is 24.1. The number of halogens is 1. The van der Waals surface area contributed by atoms with E-state index in [-0.39, 0.29) is 23.9 Å². The number of rotatable bonds is 5. The highest BCUT2D eigenvalue weighted by molar-refractivity contribution is 7.92. The Kier molecular flexibility index (Phi) is 4.41. The van der Waals surface area contributed by atoms with Gasteiger partial charge < -0.3 is 5.32 Å². The van der Waals surface area contributed by atoms with E-state index in [0.29, 0.717) is 11.3 Å². The van der Waals surface area contributed by atoms with E-state index in [4.69, 9.17) is 0 Å². The minimum Gasteiger partial charge on any atom is -0.329 e. The van der Waals surface area contributed by atoms with Crippen molar-refractivity contribution in [3.05, 3.63) is 59.9 Å². The van der Waals surface area contributed by atoms with E-state index in [0.717, 1.165) is 17.0 Å². The average molecular weight is 363 g/mol. The van der Waals surface area contributed by atoms with Crippen molar-refractivity contribution < 1.29 is 22.4 Å². The zero-order valence-corrected chi connectivity index (χ0v) is 13.7. The normalized spacial score (nSPS) is 14.5. The van der Waals surface area contributed by atoms with Gasteiger partial charge in [0.05, 0.1) is 18.0 Å². The number of hydrogen-bond acceptors (Lipinski definition) is 4. The van der Waals surface area contributed by atoms with Crippen molar-refractivity contribution in [1.29, 1.82) is 0 Å². The summed E-state index contributed by atoms with van der Waals surface area (Å²) in [5.41, 5.74) is 0.986. The second-order valence-corrected chi connectivity index (χ2v) is 7.08. The number of nitrogens with zero attached hydrogens (tertiary/aromatic N) is 1. The van der Waals surface area contributed by atoms with Gasteiger partial charge in [0, 0.05) is 5.69 Å². The molecule has 130 valence electrons. The lowest BCUT2D eigenvalue weighted by Crippen LogP contribution is -2.30. The lowest BCUT2D eigenvalue weighted by Gasteiger charge is -2.13. The van der Waals surface area contributed by atoms with Crippen molar-refractivity contribution in [2.45, 2.75) is 11.4 Å². The maximum Gasteiger partial charge on any atom is 0.324 e. The predicted octanol–water partition coefficient (Wildman–Crippen LogP) is 1.68. The third-order valence-electron chi connectivity index (χ3n) is 3.61. The molecule has 3 rings (SSSR count). The predicted molar refractivity (Wildman–Crippen MR) is 87.6 cm³/mol. The molecular formula is C16H14FN3O4S. The molecule has 0 aliphatic carbocycles. The monoisotopic (exact) mass is 363 g/mol. The van der Waals surface area contributed by atoms with Gasteiger partial charge in [0.25, 0.3) is 10.0 Å². The van der Waals surface area contributed by atoms with Crippen LogP contribution in [0.25, 0.3) is 0 Å². The first-order chi connectivity index (χ1) is 11.8. The summed E-state index contributed by atoms with van der Waals surface area (Å²) in [6, 6.07) is 10.3. The molecule has 1 aliphatic heterocycles. The molecule has 1 fully saturated rings. The van der Waals surface area contributed by atoms with Gasteiger partial charge in [0.1, 0.15) is 5.82 Å². The molecule has 2 aromatic carbocycles. The molecule has 0 atom stereocenters. The third-order valence-corrected chi connectivity index (χ3v) is 5.01. The minimum absolute atomic E-state index is 0.0195. The Morgan fingerprint density at radius 2 is 1.68 bits per heavy atom. The molecule has 1 heterocycles. The van der Waals surface area contributed by atoms with E-state index in [1.165, 1.54) is 24.3 Å². The van der Waals surface area contributed by atoms with Crippen LogP contribution in [0.3, 0.4) is 0 Å². The van der Waals surface area contributed by atoms with Crippen molar-refractivity contribution in [3.63, 3.8) is 0 Å². The summed E-state index contributed by atoms with van der Waals surface area (Å²) in [5, 5.41) is 2.42. The Morgan fingerprint density at radius 3 is 2.24 bits per heavy atom. The minimum atomic E-state index is -3.83. The van der Waals surface area contributed by atoms with Crippen LogP contribution in [-0.4, -0.2) is 31.8 Å². The molecule has 0 bridgehead atoms. The van der Waals surface area contributed by atoms with Gasteiger partial charge >= 0.3 is 6.03 Å². The van der Waals surface area contributed by atoms with Gasteiger partial charge in [0.2, 0.25) is 5.91 Å². The standard InChI is InChI=1S/C16H14FN3O4S/c17-12-3-7-14(8-4-12)25(23,24)19-13-5-1-11(2-6-13)10-20-15(21)9-18-16(20)22/h1-8,19H,9-10H2,(H,18,22). The summed E-state index contributed by atoms with van der Waals surface area (Å²) >= 11 is 0. The lowest BCUT2D eigenvalue weighted by molar-refractivity contribution is -0.125. The molecular weight excluding hydrogens is 349 g/mol. The van der Waals surface area contributed by atoms with Gasteiger partial charge in [0.15, 0.2) is 0 Å². The first kappa shape index (κ1) is 16.9. The molecule has 0 unspecified atom stereocenters. The van der Waals surface area contributed by atoms with Gasteiger partial charge in [-0.05, 0) is 42.0 Å². The summed E-state index contributed by atoms with van der Waals surface area (Å²) in [5.74, 6) is -0.838. The van der Waals surface area contributed by atoms with E-state index < -0.39 is 21.9 Å². The number of carbonyl (C=O) groups is 2. The van der Waals surface area contributed by atoms with E-state index in [9.17, 15) is 22.4 Å². The SMILES string of the molecule is O=C1CNC(=O)N1Cc1ccc(NS(=O)(=O)c2ccc(F)cc2)cc1. The average Bonchev–Trinajstić information content (AvgIpc) is 2.89. The third kappa shape index (κ3) is 3.77. The zero-order chi connectivity index (χ0) is 18.0. The molecule has 0 aromatic heterocycles. The van der Waals surface area contributed by atoms with E-state index in [1.54, 1.807) is 12.1 Å². The van der Waals surface area contributed by atoms with Crippen LogP contribution in [0.2, 0.25) is 0 Å². The molecule has 9 heteroatoms. The highest BCUT2D eigenvalue weighted by Crippen LogP contribution is 2.18. The first-order valence-electron chi connectivity index (χ1n) is 7.31. The maximum atomic E-state index is 12.9. The van der Waals surface area contributed by atoms with Gasteiger partial charge in [-0.15, -0.1) is 0 Å². The number of imide groups is 1. The van der Waals surface area contributed by atoms with Crippen LogP contribution in [0.15, 0.2) is 53.4 Å². The second-order valence-electron chi connectivity index (χ2n) is 5.39. The Bertz CT molecular complexity index is 895. The van der Waals surface area contributed by atoms with Crippen LogP contribution in [-0.2, 0) is 21.4 Å². The number of urea groups is 1. The Hall–Kier alpha value is -2.94. The van der Waals surface area contributed by atoms with E-state index in [2.05, 4.69) is 10.0 Å². The quantitative estimate of drug-likeness (QED) is 0.790. The molecule has 2 N–H and O–H groups in total. The van der Waals surface area contributed by atoms with E-state index >= 15 is 0 Å². The summed E-state index contributed by atoms with van der Waals surface area (Å²) in [6.45, 7) is 0.0873. The van der Waals surface area contributed by atoms with Gasteiger partial charge in [-0.2, -0.15) is 0 Å². The zero-order valence-electron chi connectivity index (χ0n) is 12.9. The number of hydrogen-bond donors (Lipinski definition) is 2. The fourth-order valence-corrected chi connectivity index (χ4v) is 3.36. The van der Waals surface area contributed by atoms with Crippen molar-refractivity contribution in [2.24, 2.45) is 0 Å². The maximum absolute atomic E-state index is 12.9. The molecule has 2 aromatic rings. The van der Waals surface area contributed by atoms with Crippen LogP contribution in [0.1, 0.15) is 5.56 Å². The largest absolute Gasteiger partial charge is 0.329 e. The van der Waals surface area contributed by atoms with Crippen molar-refractivity contribution >= 4 is 27.6 Å². The summed E-state index contributed by atoms with van der Waals surface area (Å²) in [6.07, 6.45) is 0. The number of benzene rings is 2. The summed E-state index contributed by atoms with van der Waals surface area (Å²) < 4.78 is 39.7. The Morgan fingerprint density at radius 1 is 1.04 bits per heavy atom. The highest BCUT2D eigenvalue weighted by atomic mass is 32.2. The topological polar surface area (TPSA) is 95.6 Å². The van der Waals surface area contributed by atoms with Crippen LogP contribution >= 0.6 is 0 Å². The second kappa shape index (κ2) is 6.52. The van der Waals surface area contributed by atoms with Crippen molar-refractivity contribution in [1.82, 2.24) is 10.2 Å². The number of anilines is 1. The van der Waals surface area contributed by atoms with Gasteiger partial charge in [-0.25, -0.2) is 17.6 Å². The van der Waals surface area contributed by atoms with Crippen LogP contribution < -0.4 is 10.0 Å². The summed E-state index contributed by atoms with van der Waals surface area (Å²) in [7, 11) is -3.83. The molecule has 0 saturated carbocycles. The number of carbonyl (C=O) groups excluding carboxylic acids is 2. The Balaban J connectivity index is 1.71. The van der Waals surface area contributed by atoms with Crippen LogP contribution in [0.4, 0.5) is 14.9 Å². The Labute approximate surface area is 143 Å². The van der Waals surface area contributed by atoms with E-state index in [1.807, 2.05) is 0 Å². The fraction of sp³-hybridized carbons (Fsp3) is 0.125. The number of sulfonamides is 1. The van der Waals surface area contributed by atoms with Crippen molar-refractivity contribution in [2.75, 3.05) is 11.3 Å².